The summed E-state index contributed by atoms with van der Waals surface area (Å²) in [5.41, 5.74) is 12.4. The van der Waals surface area contributed by atoms with E-state index in [0.29, 0.717) is 30.9 Å². The van der Waals surface area contributed by atoms with Crippen molar-refractivity contribution in [1.29, 1.82) is 0 Å². The highest BCUT2D eigenvalue weighted by Gasteiger charge is 2.13. The van der Waals surface area contributed by atoms with Gasteiger partial charge in [0.1, 0.15) is 5.75 Å². The Kier molecular flexibility index (Phi) is 7.64. The van der Waals surface area contributed by atoms with E-state index < -0.39 is 5.91 Å². The second-order valence-corrected chi connectivity index (χ2v) is 5.89. The van der Waals surface area contributed by atoms with Crippen LogP contribution >= 0.6 is 0 Å². The maximum Gasteiger partial charge on any atom is 0.248 e. The largest absolute Gasteiger partial charge is 0.493 e. The molecule has 0 saturated heterocycles. The highest BCUT2D eigenvalue weighted by Crippen LogP contribution is 2.12. The molecule has 0 saturated carbocycles. The van der Waals surface area contributed by atoms with Gasteiger partial charge in [-0.3, -0.25) is 9.59 Å². The van der Waals surface area contributed by atoms with Gasteiger partial charge in [-0.25, -0.2) is 0 Å². The Labute approximate surface area is 153 Å². The van der Waals surface area contributed by atoms with Crippen LogP contribution in [0.25, 0.3) is 0 Å². The molecule has 0 aliphatic carbocycles. The van der Waals surface area contributed by atoms with Gasteiger partial charge in [-0.05, 0) is 36.2 Å². The lowest BCUT2D eigenvalue weighted by atomic mass is 10.1. The molecule has 2 amide bonds. The molecule has 0 atom stereocenters. The van der Waals surface area contributed by atoms with E-state index >= 15 is 0 Å². The van der Waals surface area contributed by atoms with E-state index in [4.69, 9.17) is 16.2 Å². The molecule has 138 valence electrons. The van der Waals surface area contributed by atoms with E-state index in [0.717, 1.165) is 6.42 Å². The second kappa shape index (κ2) is 10.2. The van der Waals surface area contributed by atoms with Crippen molar-refractivity contribution in [1.82, 2.24) is 4.90 Å². The van der Waals surface area contributed by atoms with Gasteiger partial charge in [-0.2, -0.15) is 0 Å². The molecule has 0 radical (unpaired) electrons. The molecule has 6 nitrogen and oxygen atoms in total. The van der Waals surface area contributed by atoms with Crippen LogP contribution in [-0.2, 0) is 11.2 Å². The van der Waals surface area contributed by atoms with Crippen LogP contribution < -0.4 is 16.2 Å². The fourth-order valence-corrected chi connectivity index (χ4v) is 2.56. The zero-order valence-corrected chi connectivity index (χ0v) is 14.8. The fourth-order valence-electron chi connectivity index (χ4n) is 2.56. The van der Waals surface area contributed by atoms with Crippen LogP contribution in [0.1, 0.15) is 22.3 Å². The summed E-state index contributed by atoms with van der Waals surface area (Å²) >= 11 is 0. The van der Waals surface area contributed by atoms with Crippen molar-refractivity contribution in [2.75, 3.05) is 26.2 Å². The molecule has 2 aromatic rings. The molecule has 0 aliphatic rings. The first-order valence-corrected chi connectivity index (χ1v) is 8.64. The first-order chi connectivity index (χ1) is 12.6. The molecule has 0 unspecified atom stereocenters. The third-order valence-electron chi connectivity index (χ3n) is 3.99. The van der Waals surface area contributed by atoms with Crippen LogP contribution in [0.15, 0.2) is 54.6 Å². The van der Waals surface area contributed by atoms with E-state index in [2.05, 4.69) is 0 Å². The summed E-state index contributed by atoms with van der Waals surface area (Å²) in [6.45, 7) is 1.85. The predicted octanol–water partition coefficient (Wildman–Crippen LogP) is 1.58. The number of carbonyl (C=O) groups is 2. The van der Waals surface area contributed by atoms with Crippen molar-refractivity contribution in [2.45, 2.75) is 12.8 Å². The molecule has 0 bridgehead atoms. The van der Waals surface area contributed by atoms with Gasteiger partial charge in [0, 0.05) is 25.2 Å². The maximum atomic E-state index is 12.4. The lowest BCUT2D eigenvalue weighted by Gasteiger charge is -2.22. The molecular formula is C20H25N3O3. The number of nitrogens with zero attached hydrogens (tertiary/aromatic N) is 1. The summed E-state index contributed by atoms with van der Waals surface area (Å²) in [5, 5.41) is 0. The molecule has 0 spiro atoms. The lowest BCUT2D eigenvalue weighted by molar-refractivity contribution is -0.131. The minimum atomic E-state index is -0.484. The number of hydrogen-bond acceptors (Lipinski definition) is 4. The lowest BCUT2D eigenvalue weighted by Crippen LogP contribution is -2.37. The summed E-state index contributed by atoms with van der Waals surface area (Å²) in [6.07, 6.45) is 1.06. The topological polar surface area (TPSA) is 98.7 Å². The van der Waals surface area contributed by atoms with Gasteiger partial charge in [0.05, 0.1) is 13.0 Å². The van der Waals surface area contributed by atoms with E-state index in [9.17, 15) is 9.59 Å². The van der Waals surface area contributed by atoms with E-state index in [-0.39, 0.29) is 18.9 Å². The molecule has 2 rings (SSSR count). The van der Waals surface area contributed by atoms with Crippen LogP contribution in [0.2, 0.25) is 0 Å². The number of benzene rings is 2. The van der Waals surface area contributed by atoms with E-state index in [1.165, 1.54) is 5.56 Å². The van der Waals surface area contributed by atoms with Crippen molar-refractivity contribution in [3.8, 4) is 5.75 Å². The first kappa shape index (κ1) is 19.5. The molecule has 4 N–H and O–H groups in total. The van der Waals surface area contributed by atoms with Crippen molar-refractivity contribution in [2.24, 2.45) is 11.5 Å². The van der Waals surface area contributed by atoms with Crippen LogP contribution in [0.4, 0.5) is 0 Å². The van der Waals surface area contributed by atoms with Gasteiger partial charge in [-0.15, -0.1) is 0 Å². The van der Waals surface area contributed by atoms with Gasteiger partial charge in [-0.1, -0.05) is 30.3 Å². The maximum absolute atomic E-state index is 12.4. The van der Waals surface area contributed by atoms with Gasteiger partial charge in [0.15, 0.2) is 0 Å². The van der Waals surface area contributed by atoms with Crippen molar-refractivity contribution < 1.29 is 14.3 Å². The number of ether oxygens (including phenoxy) is 1. The zero-order valence-electron chi connectivity index (χ0n) is 14.8. The van der Waals surface area contributed by atoms with Crippen molar-refractivity contribution in [3.63, 3.8) is 0 Å². The highest BCUT2D eigenvalue weighted by atomic mass is 16.5. The standard InChI is InChI=1S/C20H25N3O3/c21-12-14-23(13-10-16-4-2-1-3-5-16)19(24)11-15-26-18-8-6-17(7-9-18)20(22)25/h1-9H,10-15,21H2,(H2,22,25). The van der Waals surface area contributed by atoms with Gasteiger partial charge in [0.25, 0.3) is 0 Å². The summed E-state index contributed by atoms with van der Waals surface area (Å²) in [4.78, 5) is 25.2. The van der Waals surface area contributed by atoms with Crippen molar-refractivity contribution in [3.05, 3.63) is 65.7 Å². The number of carbonyl (C=O) groups excluding carboxylic acids is 2. The summed E-state index contributed by atoms with van der Waals surface area (Å²) in [6, 6.07) is 16.6. The number of amides is 2. The van der Waals surface area contributed by atoms with Crippen LogP contribution in [0.3, 0.4) is 0 Å². The quantitative estimate of drug-likeness (QED) is 0.676. The molecule has 0 heterocycles. The number of primary amides is 1. The fraction of sp³-hybridized carbons (Fsp3) is 0.300. The number of hydrogen-bond donors (Lipinski definition) is 2. The van der Waals surface area contributed by atoms with Crippen LogP contribution in [0.5, 0.6) is 5.75 Å². The Morgan fingerprint density at radius 3 is 2.27 bits per heavy atom. The Morgan fingerprint density at radius 1 is 0.962 bits per heavy atom. The van der Waals surface area contributed by atoms with Gasteiger partial charge >= 0.3 is 0 Å². The average molecular weight is 355 g/mol. The Balaban J connectivity index is 1.80. The Bertz CT molecular complexity index is 702. The molecular weight excluding hydrogens is 330 g/mol. The van der Waals surface area contributed by atoms with Crippen LogP contribution in [0, 0.1) is 0 Å². The SMILES string of the molecule is NCCN(CCc1ccccc1)C(=O)CCOc1ccc(C(N)=O)cc1. The minimum absolute atomic E-state index is 0.0140. The van der Waals surface area contributed by atoms with Crippen molar-refractivity contribution >= 4 is 11.8 Å². The average Bonchev–Trinajstić information content (AvgIpc) is 2.66. The third-order valence-corrected chi connectivity index (χ3v) is 3.99. The molecule has 6 heteroatoms. The molecule has 26 heavy (non-hydrogen) atoms. The summed E-state index contributed by atoms with van der Waals surface area (Å²) in [5.74, 6) is 0.125. The second-order valence-electron chi connectivity index (χ2n) is 5.89. The van der Waals surface area contributed by atoms with Crippen LogP contribution in [-0.4, -0.2) is 43.0 Å². The van der Waals surface area contributed by atoms with Gasteiger partial charge < -0.3 is 21.1 Å². The first-order valence-electron chi connectivity index (χ1n) is 8.64. The molecule has 0 aliphatic heterocycles. The minimum Gasteiger partial charge on any atom is -0.493 e. The molecule has 0 aromatic heterocycles. The summed E-state index contributed by atoms with van der Waals surface area (Å²) < 4.78 is 5.57. The smallest absolute Gasteiger partial charge is 0.248 e. The Hall–Kier alpha value is -2.86. The Morgan fingerprint density at radius 2 is 1.65 bits per heavy atom. The normalized spacial score (nSPS) is 10.3. The number of rotatable bonds is 10. The zero-order chi connectivity index (χ0) is 18.8. The van der Waals surface area contributed by atoms with E-state index in [1.54, 1.807) is 29.2 Å². The molecule has 2 aromatic carbocycles. The van der Waals surface area contributed by atoms with Gasteiger partial charge in [0.2, 0.25) is 11.8 Å². The summed E-state index contributed by atoms with van der Waals surface area (Å²) in [7, 11) is 0. The highest BCUT2D eigenvalue weighted by molar-refractivity contribution is 5.92. The predicted molar refractivity (Wildman–Crippen MR) is 101 cm³/mol. The molecule has 0 fully saturated rings. The third kappa shape index (κ3) is 6.22. The van der Waals surface area contributed by atoms with E-state index in [1.807, 2.05) is 30.3 Å². The number of nitrogens with two attached hydrogens (primary N) is 2. The monoisotopic (exact) mass is 355 g/mol.